The summed E-state index contributed by atoms with van der Waals surface area (Å²) in [5.74, 6) is 0.660. The van der Waals surface area contributed by atoms with E-state index in [-0.39, 0.29) is 0 Å². The third kappa shape index (κ3) is 4.36. The molecule has 0 bridgehead atoms. The Bertz CT molecular complexity index is 287. The zero-order valence-corrected chi connectivity index (χ0v) is 11.1. The van der Waals surface area contributed by atoms with Crippen LogP contribution in [0.3, 0.4) is 0 Å². The van der Waals surface area contributed by atoms with Crippen LogP contribution in [0.4, 0.5) is 0 Å². The largest absolute Gasteiger partial charge is 0.314 e. The summed E-state index contributed by atoms with van der Waals surface area (Å²) < 4.78 is 0. The van der Waals surface area contributed by atoms with Gasteiger partial charge in [0, 0.05) is 12.6 Å². The van der Waals surface area contributed by atoms with E-state index in [0.717, 1.165) is 6.54 Å². The third-order valence-electron chi connectivity index (χ3n) is 2.96. The van der Waals surface area contributed by atoms with Crippen LogP contribution >= 0.6 is 0 Å². The van der Waals surface area contributed by atoms with Gasteiger partial charge in [0.15, 0.2) is 0 Å². The second kappa shape index (κ2) is 6.70. The molecule has 0 saturated heterocycles. The van der Waals surface area contributed by atoms with Crippen molar-refractivity contribution >= 4 is 0 Å². The standard InChI is InChI=1S/C15H25N/c1-5-6-15(11-16-12(2)3)14-9-7-13(4)8-10-14/h7-10,12,15-16H,5-6,11H2,1-4H3. The van der Waals surface area contributed by atoms with E-state index in [0.29, 0.717) is 12.0 Å². The molecule has 1 aromatic carbocycles. The van der Waals surface area contributed by atoms with E-state index in [1.165, 1.54) is 24.0 Å². The minimum Gasteiger partial charge on any atom is -0.314 e. The Balaban J connectivity index is 2.64. The van der Waals surface area contributed by atoms with Crippen LogP contribution in [-0.4, -0.2) is 12.6 Å². The third-order valence-corrected chi connectivity index (χ3v) is 2.96. The second-order valence-electron chi connectivity index (χ2n) is 4.96. The van der Waals surface area contributed by atoms with Crippen molar-refractivity contribution in [1.29, 1.82) is 0 Å². The molecule has 0 fully saturated rings. The van der Waals surface area contributed by atoms with Crippen molar-refractivity contribution in [2.24, 2.45) is 0 Å². The molecule has 0 saturated carbocycles. The molecule has 1 unspecified atom stereocenters. The molecule has 1 rings (SSSR count). The molecule has 1 N–H and O–H groups in total. The van der Waals surface area contributed by atoms with Crippen molar-refractivity contribution in [3.63, 3.8) is 0 Å². The fourth-order valence-electron chi connectivity index (χ4n) is 1.95. The Labute approximate surface area is 100 Å². The Morgan fingerprint density at radius 3 is 2.25 bits per heavy atom. The van der Waals surface area contributed by atoms with Crippen LogP contribution in [0, 0.1) is 6.92 Å². The lowest BCUT2D eigenvalue weighted by atomic mass is 9.93. The number of rotatable bonds is 6. The van der Waals surface area contributed by atoms with E-state index in [1.54, 1.807) is 0 Å². The van der Waals surface area contributed by atoms with Crippen molar-refractivity contribution < 1.29 is 0 Å². The average molecular weight is 219 g/mol. The highest BCUT2D eigenvalue weighted by Gasteiger charge is 2.10. The van der Waals surface area contributed by atoms with Crippen LogP contribution in [0.2, 0.25) is 0 Å². The first-order chi connectivity index (χ1) is 7.63. The van der Waals surface area contributed by atoms with Crippen molar-refractivity contribution in [3.05, 3.63) is 35.4 Å². The van der Waals surface area contributed by atoms with Crippen LogP contribution in [0.15, 0.2) is 24.3 Å². The summed E-state index contributed by atoms with van der Waals surface area (Å²) in [6.45, 7) is 9.91. The first-order valence-electron chi connectivity index (χ1n) is 6.43. The van der Waals surface area contributed by atoms with Crippen molar-refractivity contribution in [2.45, 2.75) is 52.5 Å². The molecule has 1 aromatic rings. The number of hydrogen-bond donors (Lipinski definition) is 1. The molecule has 0 amide bonds. The highest BCUT2D eigenvalue weighted by molar-refractivity contribution is 5.24. The smallest absolute Gasteiger partial charge is 0.00225 e. The Kier molecular flexibility index (Phi) is 5.54. The summed E-state index contributed by atoms with van der Waals surface area (Å²) >= 11 is 0. The molecule has 1 nitrogen and oxygen atoms in total. The summed E-state index contributed by atoms with van der Waals surface area (Å²) in [7, 11) is 0. The maximum Gasteiger partial charge on any atom is 0.00225 e. The van der Waals surface area contributed by atoms with E-state index in [2.05, 4.69) is 57.3 Å². The lowest BCUT2D eigenvalue weighted by Crippen LogP contribution is -2.28. The summed E-state index contributed by atoms with van der Waals surface area (Å²) in [6.07, 6.45) is 2.51. The van der Waals surface area contributed by atoms with Gasteiger partial charge in [0.2, 0.25) is 0 Å². The molecule has 0 aromatic heterocycles. The number of nitrogens with one attached hydrogen (secondary N) is 1. The summed E-state index contributed by atoms with van der Waals surface area (Å²) in [6, 6.07) is 9.56. The van der Waals surface area contributed by atoms with Gasteiger partial charge in [-0.1, -0.05) is 57.0 Å². The molecule has 1 heteroatoms. The normalized spacial score (nSPS) is 13.1. The van der Waals surface area contributed by atoms with Gasteiger partial charge in [0.1, 0.15) is 0 Å². The summed E-state index contributed by atoms with van der Waals surface area (Å²) in [5.41, 5.74) is 2.82. The van der Waals surface area contributed by atoms with E-state index in [1.807, 2.05) is 0 Å². The van der Waals surface area contributed by atoms with Gasteiger partial charge in [-0.2, -0.15) is 0 Å². The Morgan fingerprint density at radius 2 is 1.75 bits per heavy atom. The fraction of sp³-hybridized carbons (Fsp3) is 0.600. The Morgan fingerprint density at radius 1 is 1.12 bits per heavy atom. The van der Waals surface area contributed by atoms with E-state index in [9.17, 15) is 0 Å². The predicted molar refractivity (Wildman–Crippen MR) is 72.0 cm³/mol. The van der Waals surface area contributed by atoms with Gasteiger partial charge >= 0.3 is 0 Å². The molecular formula is C15H25N. The molecule has 90 valence electrons. The first kappa shape index (κ1) is 13.2. The summed E-state index contributed by atoms with van der Waals surface area (Å²) in [4.78, 5) is 0. The minimum atomic E-state index is 0.574. The number of benzene rings is 1. The van der Waals surface area contributed by atoms with Crippen molar-refractivity contribution in [1.82, 2.24) is 5.32 Å². The van der Waals surface area contributed by atoms with Gasteiger partial charge in [0.05, 0.1) is 0 Å². The molecule has 16 heavy (non-hydrogen) atoms. The van der Waals surface area contributed by atoms with Gasteiger partial charge in [-0.05, 0) is 24.8 Å². The van der Waals surface area contributed by atoms with Crippen molar-refractivity contribution in [3.8, 4) is 0 Å². The molecule has 0 heterocycles. The van der Waals surface area contributed by atoms with Gasteiger partial charge < -0.3 is 5.32 Å². The number of hydrogen-bond acceptors (Lipinski definition) is 1. The predicted octanol–water partition coefficient (Wildman–Crippen LogP) is 3.88. The SMILES string of the molecule is CCCC(CNC(C)C)c1ccc(C)cc1. The molecule has 1 atom stereocenters. The van der Waals surface area contributed by atoms with Crippen molar-refractivity contribution in [2.75, 3.05) is 6.54 Å². The van der Waals surface area contributed by atoms with Crippen LogP contribution in [-0.2, 0) is 0 Å². The molecule has 0 spiro atoms. The molecular weight excluding hydrogens is 194 g/mol. The van der Waals surface area contributed by atoms with Crippen LogP contribution in [0.25, 0.3) is 0 Å². The van der Waals surface area contributed by atoms with E-state index >= 15 is 0 Å². The van der Waals surface area contributed by atoms with E-state index in [4.69, 9.17) is 0 Å². The zero-order chi connectivity index (χ0) is 12.0. The highest BCUT2D eigenvalue weighted by atomic mass is 14.9. The van der Waals surface area contributed by atoms with E-state index < -0.39 is 0 Å². The monoisotopic (exact) mass is 219 g/mol. The second-order valence-corrected chi connectivity index (χ2v) is 4.96. The topological polar surface area (TPSA) is 12.0 Å². The minimum absolute atomic E-state index is 0.574. The fourth-order valence-corrected chi connectivity index (χ4v) is 1.95. The number of aryl methyl sites for hydroxylation is 1. The molecule has 0 radical (unpaired) electrons. The zero-order valence-electron chi connectivity index (χ0n) is 11.1. The van der Waals surface area contributed by atoms with Crippen LogP contribution < -0.4 is 5.32 Å². The molecule has 0 aliphatic carbocycles. The van der Waals surface area contributed by atoms with Gasteiger partial charge in [-0.25, -0.2) is 0 Å². The maximum atomic E-state index is 3.54. The Hall–Kier alpha value is -0.820. The maximum absolute atomic E-state index is 3.54. The van der Waals surface area contributed by atoms with Gasteiger partial charge in [-0.15, -0.1) is 0 Å². The average Bonchev–Trinajstić information content (AvgIpc) is 2.25. The highest BCUT2D eigenvalue weighted by Crippen LogP contribution is 2.21. The molecule has 0 aliphatic heterocycles. The van der Waals surface area contributed by atoms with Gasteiger partial charge in [0.25, 0.3) is 0 Å². The van der Waals surface area contributed by atoms with Crippen LogP contribution in [0.1, 0.15) is 50.7 Å². The lowest BCUT2D eigenvalue weighted by molar-refractivity contribution is 0.504. The lowest BCUT2D eigenvalue weighted by Gasteiger charge is -2.19. The quantitative estimate of drug-likeness (QED) is 0.765. The van der Waals surface area contributed by atoms with Gasteiger partial charge in [-0.3, -0.25) is 0 Å². The summed E-state index contributed by atoms with van der Waals surface area (Å²) in [5, 5.41) is 3.54. The van der Waals surface area contributed by atoms with Crippen LogP contribution in [0.5, 0.6) is 0 Å². The first-order valence-corrected chi connectivity index (χ1v) is 6.43. The molecule has 0 aliphatic rings.